The highest BCUT2D eigenvalue weighted by molar-refractivity contribution is 9.10. The van der Waals surface area contributed by atoms with Gasteiger partial charge in [-0.3, -0.25) is 9.59 Å². The van der Waals surface area contributed by atoms with Gasteiger partial charge in [-0.05, 0) is 41.8 Å². The van der Waals surface area contributed by atoms with Crippen molar-refractivity contribution in [2.24, 2.45) is 0 Å². The van der Waals surface area contributed by atoms with Crippen LogP contribution in [0.25, 0.3) is 0 Å². The SMILES string of the molecule is CCCCNC(=O)[C@H](Cc1ccccc1)N(Cc1cccc(Br)c1)C(=O)CN(c1ccccc1F)S(=O)(=O)N(C)C. The van der Waals surface area contributed by atoms with Crippen molar-refractivity contribution in [3.8, 4) is 0 Å². The predicted molar refractivity (Wildman–Crippen MR) is 163 cm³/mol. The Morgan fingerprint density at radius 2 is 1.61 bits per heavy atom. The van der Waals surface area contributed by atoms with Crippen LogP contribution in [0.15, 0.2) is 83.3 Å². The Kier molecular flexibility index (Phi) is 11.9. The monoisotopic (exact) mass is 646 g/mol. The van der Waals surface area contributed by atoms with Crippen LogP contribution in [-0.4, -0.2) is 62.7 Å². The van der Waals surface area contributed by atoms with E-state index >= 15 is 0 Å². The first-order chi connectivity index (χ1) is 19.5. The van der Waals surface area contributed by atoms with Crippen LogP contribution in [0.1, 0.15) is 30.9 Å². The van der Waals surface area contributed by atoms with Crippen LogP contribution in [0.4, 0.5) is 10.1 Å². The van der Waals surface area contributed by atoms with Crippen LogP contribution in [0, 0.1) is 5.82 Å². The lowest BCUT2D eigenvalue weighted by molar-refractivity contribution is -0.140. The van der Waals surface area contributed by atoms with Gasteiger partial charge in [-0.1, -0.05) is 83.9 Å². The Bertz CT molecular complexity index is 1420. The summed E-state index contributed by atoms with van der Waals surface area (Å²) in [5.74, 6) is -1.79. The van der Waals surface area contributed by atoms with Gasteiger partial charge in [-0.2, -0.15) is 12.7 Å². The summed E-state index contributed by atoms with van der Waals surface area (Å²) >= 11 is 3.45. The maximum Gasteiger partial charge on any atom is 0.304 e. The molecule has 1 N–H and O–H groups in total. The number of halogens is 2. The van der Waals surface area contributed by atoms with Gasteiger partial charge < -0.3 is 10.2 Å². The molecule has 2 amide bonds. The van der Waals surface area contributed by atoms with Crippen molar-refractivity contribution < 1.29 is 22.4 Å². The van der Waals surface area contributed by atoms with Crippen molar-refractivity contribution in [3.05, 3.63) is 100 Å². The number of hydrogen-bond acceptors (Lipinski definition) is 4. The number of unbranched alkanes of at least 4 members (excludes halogenated alkanes) is 1. The van der Waals surface area contributed by atoms with Crippen molar-refractivity contribution in [2.45, 2.75) is 38.8 Å². The van der Waals surface area contributed by atoms with Gasteiger partial charge in [-0.15, -0.1) is 0 Å². The summed E-state index contributed by atoms with van der Waals surface area (Å²) in [5.41, 5.74) is 1.31. The van der Waals surface area contributed by atoms with Crippen LogP contribution in [0.2, 0.25) is 0 Å². The average Bonchev–Trinajstić information content (AvgIpc) is 2.94. The molecule has 8 nitrogen and oxygen atoms in total. The molecule has 0 aliphatic rings. The molecule has 0 spiro atoms. The number of rotatable bonds is 14. The highest BCUT2D eigenvalue weighted by Gasteiger charge is 2.35. The predicted octanol–water partition coefficient (Wildman–Crippen LogP) is 4.76. The minimum Gasteiger partial charge on any atom is -0.354 e. The number of carbonyl (C=O) groups is 2. The molecule has 0 unspecified atom stereocenters. The minimum absolute atomic E-state index is 0.0318. The second-order valence-electron chi connectivity index (χ2n) is 9.75. The number of amides is 2. The van der Waals surface area contributed by atoms with E-state index in [0.717, 1.165) is 43.1 Å². The van der Waals surface area contributed by atoms with Crippen molar-refractivity contribution in [3.63, 3.8) is 0 Å². The molecule has 0 saturated heterocycles. The molecule has 1 atom stereocenters. The summed E-state index contributed by atoms with van der Waals surface area (Å²) in [6, 6.07) is 21.1. The molecule has 0 radical (unpaired) electrons. The summed E-state index contributed by atoms with van der Waals surface area (Å²) in [6.45, 7) is 1.78. The molecule has 41 heavy (non-hydrogen) atoms. The first-order valence-electron chi connectivity index (χ1n) is 13.3. The largest absolute Gasteiger partial charge is 0.354 e. The average molecular weight is 648 g/mol. The van der Waals surface area contributed by atoms with Gasteiger partial charge in [0.1, 0.15) is 18.4 Å². The van der Waals surface area contributed by atoms with E-state index in [-0.39, 0.29) is 24.6 Å². The van der Waals surface area contributed by atoms with Crippen molar-refractivity contribution in [1.29, 1.82) is 0 Å². The molecule has 11 heteroatoms. The number of para-hydroxylation sites is 1. The molecule has 0 aromatic heterocycles. The van der Waals surface area contributed by atoms with Gasteiger partial charge in [0.25, 0.3) is 0 Å². The second-order valence-corrected chi connectivity index (χ2v) is 12.7. The smallest absolute Gasteiger partial charge is 0.304 e. The van der Waals surface area contributed by atoms with E-state index in [9.17, 15) is 22.4 Å². The molecule has 0 aliphatic heterocycles. The lowest BCUT2D eigenvalue weighted by Crippen LogP contribution is -2.54. The van der Waals surface area contributed by atoms with E-state index in [0.29, 0.717) is 6.54 Å². The Balaban J connectivity index is 2.08. The summed E-state index contributed by atoms with van der Waals surface area (Å²) in [4.78, 5) is 29.2. The third kappa shape index (κ3) is 8.85. The number of benzene rings is 3. The van der Waals surface area contributed by atoms with E-state index in [1.807, 2.05) is 61.5 Å². The lowest BCUT2D eigenvalue weighted by Gasteiger charge is -2.34. The molecule has 220 valence electrons. The lowest BCUT2D eigenvalue weighted by atomic mass is 10.0. The number of carbonyl (C=O) groups excluding carboxylic acids is 2. The molecule has 0 saturated carbocycles. The zero-order chi connectivity index (χ0) is 30.0. The topological polar surface area (TPSA) is 90.0 Å². The Labute approximate surface area is 250 Å². The van der Waals surface area contributed by atoms with Crippen molar-refractivity contribution in [1.82, 2.24) is 14.5 Å². The maximum absolute atomic E-state index is 14.9. The fourth-order valence-corrected chi connectivity index (χ4v) is 5.76. The molecule has 3 rings (SSSR count). The van der Waals surface area contributed by atoms with Gasteiger partial charge in [0.15, 0.2) is 0 Å². The molecular formula is C30H36BrFN4O4S. The Morgan fingerprint density at radius 1 is 0.951 bits per heavy atom. The summed E-state index contributed by atoms with van der Waals surface area (Å²) < 4.78 is 44.0. The van der Waals surface area contributed by atoms with E-state index in [2.05, 4.69) is 21.2 Å². The van der Waals surface area contributed by atoms with Gasteiger partial charge in [-0.25, -0.2) is 8.70 Å². The van der Waals surface area contributed by atoms with Crippen molar-refractivity contribution in [2.75, 3.05) is 31.5 Å². The van der Waals surface area contributed by atoms with Gasteiger partial charge >= 0.3 is 10.2 Å². The van der Waals surface area contributed by atoms with E-state index < -0.39 is 34.5 Å². The van der Waals surface area contributed by atoms with Gasteiger partial charge in [0, 0.05) is 38.1 Å². The van der Waals surface area contributed by atoms with E-state index in [1.54, 1.807) is 0 Å². The van der Waals surface area contributed by atoms with Crippen LogP contribution >= 0.6 is 15.9 Å². The van der Waals surface area contributed by atoms with E-state index in [1.165, 1.54) is 37.2 Å². The highest BCUT2D eigenvalue weighted by atomic mass is 79.9. The fraction of sp³-hybridized carbons (Fsp3) is 0.333. The van der Waals surface area contributed by atoms with Crippen molar-refractivity contribution >= 4 is 43.6 Å². The summed E-state index contributed by atoms with van der Waals surface area (Å²) in [7, 11) is -1.65. The summed E-state index contributed by atoms with van der Waals surface area (Å²) in [5, 5.41) is 2.94. The van der Waals surface area contributed by atoms with Crippen LogP contribution < -0.4 is 9.62 Å². The zero-order valence-electron chi connectivity index (χ0n) is 23.5. The highest BCUT2D eigenvalue weighted by Crippen LogP contribution is 2.25. The molecule has 3 aromatic rings. The molecule has 0 fully saturated rings. The molecule has 0 aliphatic carbocycles. The molecule has 0 bridgehead atoms. The number of nitrogens with zero attached hydrogens (tertiary/aromatic N) is 3. The van der Waals surface area contributed by atoms with Crippen LogP contribution in [0.3, 0.4) is 0 Å². The Hall–Kier alpha value is -3.28. The second kappa shape index (κ2) is 15.1. The molecular weight excluding hydrogens is 611 g/mol. The Morgan fingerprint density at radius 3 is 2.24 bits per heavy atom. The van der Waals surface area contributed by atoms with E-state index in [4.69, 9.17) is 0 Å². The first-order valence-corrected chi connectivity index (χ1v) is 15.5. The van der Waals surface area contributed by atoms with Gasteiger partial charge in [0.2, 0.25) is 11.8 Å². The normalized spacial score (nSPS) is 12.1. The molecule has 0 heterocycles. The maximum atomic E-state index is 14.9. The number of hydrogen-bond donors (Lipinski definition) is 1. The quantitative estimate of drug-likeness (QED) is 0.256. The third-order valence-corrected chi connectivity index (χ3v) is 8.78. The van der Waals surface area contributed by atoms with Crippen LogP contribution in [0.5, 0.6) is 0 Å². The molecule has 3 aromatic carbocycles. The number of anilines is 1. The minimum atomic E-state index is -4.27. The third-order valence-electron chi connectivity index (χ3n) is 6.48. The van der Waals surface area contributed by atoms with Crippen LogP contribution in [-0.2, 0) is 32.8 Å². The van der Waals surface area contributed by atoms with Gasteiger partial charge in [0.05, 0.1) is 5.69 Å². The zero-order valence-corrected chi connectivity index (χ0v) is 25.9. The first kappa shape index (κ1) is 32.2. The summed E-state index contributed by atoms with van der Waals surface area (Å²) in [6.07, 6.45) is 1.86. The fourth-order valence-electron chi connectivity index (χ4n) is 4.25. The standard InChI is InChI=1S/C30H36BrFN4O4S/c1-4-5-18-33-30(38)28(20-23-12-7-6-8-13-23)35(21-24-14-11-15-25(31)19-24)29(37)22-36(41(39,40)34(2)3)27-17-10-9-16-26(27)32/h6-17,19,28H,4-5,18,20-22H2,1-3H3,(H,33,38)/t28-/m0/s1. The number of nitrogens with one attached hydrogen (secondary N) is 1.